The Hall–Kier alpha value is -4.11. The molecule has 1 aliphatic carbocycles. The smallest absolute Gasteiger partial charge is 0.320 e. The number of aromatic nitrogens is 4. The van der Waals surface area contributed by atoms with Crippen molar-refractivity contribution in [2.75, 3.05) is 19.0 Å². The van der Waals surface area contributed by atoms with Gasteiger partial charge in [0.15, 0.2) is 0 Å². The first kappa shape index (κ1) is 25.5. The van der Waals surface area contributed by atoms with Crippen LogP contribution >= 0.6 is 0 Å². The number of carbonyl (C=O) groups is 1. The number of phenolic OH excluding ortho intramolecular Hbond substituents is 1. The number of nitrogens with one attached hydrogen (secondary N) is 2. The Morgan fingerprint density at radius 2 is 1.89 bits per heavy atom. The maximum atomic E-state index is 13.5. The highest BCUT2D eigenvalue weighted by Gasteiger charge is 2.36. The van der Waals surface area contributed by atoms with Crippen molar-refractivity contribution in [3.05, 3.63) is 78.1 Å². The van der Waals surface area contributed by atoms with E-state index in [9.17, 15) is 9.90 Å². The molecule has 3 atom stereocenters. The molecule has 4 aromatic rings. The van der Waals surface area contributed by atoms with Gasteiger partial charge in [-0.1, -0.05) is 30.3 Å². The minimum absolute atomic E-state index is 0.0485. The highest BCUT2D eigenvalue weighted by atomic mass is 16.5. The van der Waals surface area contributed by atoms with E-state index in [2.05, 4.69) is 15.7 Å². The predicted molar refractivity (Wildman–Crippen MR) is 147 cm³/mol. The minimum Gasteiger partial charge on any atom is -0.508 e. The Morgan fingerprint density at radius 3 is 2.58 bits per heavy atom. The van der Waals surface area contributed by atoms with Crippen molar-refractivity contribution >= 4 is 11.8 Å². The van der Waals surface area contributed by atoms with Gasteiger partial charge in [0.05, 0.1) is 11.9 Å². The van der Waals surface area contributed by atoms with Gasteiger partial charge in [-0.05, 0) is 61.9 Å². The number of benzene rings is 2. The predicted octanol–water partition coefficient (Wildman–Crippen LogP) is 5.01. The maximum absolute atomic E-state index is 13.5. The van der Waals surface area contributed by atoms with Gasteiger partial charge in [-0.25, -0.2) is 9.48 Å². The molecule has 38 heavy (non-hydrogen) atoms. The molecule has 2 aromatic carbocycles. The molecule has 5 rings (SSSR count). The maximum Gasteiger partial charge on any atom is 0.320 e. The molecule has 0 radical (unpaired) electrons. The molecule has 9 nitrogen and oxygen atoms in total. The topological polar surface area (TPSA) is 106 Å². The number of carbonyl (C=O) groups excluding carboxylic acids is 1. The molecule has 0 spiro atoms. The molecule has 2 unspecified atom stereocenters. The zero-order valence-corrected chi connectivity index (χ0v) is 22.0. The van der Waals surface area contributed by atoms with Gasteiger partial charge in [0.1, 0.15) is 17.3 Å². The molecular weight excluding hydrogens is 480 g/mol. The number of methoxy groups -OCH3 is 1. The number of phenols is 1. The monoisotopic (exact) mass is 514 g/mol. The van der Waals surface area contributed by atoms with Gasteiger partial charge in [-0.15, -0.1) is 0 Å². The molecule has 2 heterocycles. The number of nitrogens with zero attached hydrogens (tertiary/aromatic N) is 4. The highest BCUT2D eigenvalue weighted by molar-refractivity contribution is 5.91. The van der Waals surface area contributed by atoms with E-state index in [4.69, 9.17) is 9.84 Å². The van der Waals surface area contributed by atoms with Crippen LogP contribution in [0, 0.1) is 12.8 Å². The van der Waals surface area contributed by atoms with Gasteiger partial charge in [-0.2, -0.15) is 10.2 Å². The second-order valence-corrected chi connectivity index (χ2v) is 9.99. The van der Waals surface area contributed by atoms with E-state index in [1.165, 1.54) is 0 Å². The third-order valence-electron chi connectivity index (χ3n) is 7.36. The number of ether oxygens (including phenoxy) is 1. The molecule has 1 fully saturated rings. The van der Waals surface area contributed by atoms with Crippen LogP contribution < -0.4 is 10.6 Å². The average molecular weight is 515 g/mol. The number of amides is 2. The lowest BCUT2D eigenvalue weighted by Gasteiger charge is -2.22. The van der Waals surface area contributed by atoms with Crippen LogP contribution in [0.15, 0.2) is 67.0 Å². The number of urea groups is 1. The van der Waals surface area contributed by atoms with Crippen LogP contribution in [-0.4, -0.2) is 50.5 Å². The summed E-state index contributed by atoms with van der Waals surface area (Å²) in [5.41, 5.74) is 4.46. The van der Waals surface area contributed by atoms with E-state index in [1.807, 2.05) is 62.6 Å². The lowest BCUT2D eigenvalue weighted by molar-refractivity contribution is 0.177. The summed E-state index contributed by atoms with van der Waals surface area (Å²) in [6.07, 6.45) is 6.44. The lowest BCUT2D eigenvalue weighted by Crippen LogP contribution is -2.40. The molecule has 1 saturated carbocycles. The van der Waals surface area contributed by atoms with Crippen molar-refractivity contribution in [1.29, 1.82) is 0 Å². The van der Waals surface area contributed by atoms with Crippen LogP contribution in [0.1, 0.15) is 36.3 Å². The Balaban J connectivity index is 1.41. The van der Waals surface area contributed by atoms with Crippen LogP contribution in [0.5, 0.6) is 5.75 Å². The Labute approximate surface area is 222 Å². The molecular formula is C29H34N6O3. The summed E-state index contributed by atoms with van der Waals surface area (Å²) in [6.45, 7) is 2.65. The van der Waals surface area contributed by atoms with E-state index in [0.29, 0.717) is 18.3 Å². The van der Waals surface area contributed by atoms with Crippen molar-refractivity contribution in [2.45, 2.75) is 38.1 Å². The van der Waals surface area contributed by atoms with E-state index in [1.54, 1.807) is 34.8 Å². The average Bonchev–Trinajstić information content (AvgIpc) is 3.61. The van der Waals surface area contributed by atoms with E-state index in [0.717, 1.165) is 47.3 Å². The molecule has 2 amide bonds. The van der Waals surface area contributed by atoms with Crippen LogP contribution in [0.4, 0.5) is 10.6 Å². The lowest BCUT2D eigenvalue weighted by atomic mass is 9.93. The quantitative estimate of drug-likeness (QED) is 0.307. The fraction of sp³-hybridized carbons (Fsp3) is 0.345. The molecule has 0 bridgehead atoms. The van der Waals surface area contributed by atoms with E-state index in [-0.39, 0.29) is 23.7 Å². The van der Waals surface area contributed by atoms with Crippen molar-refractivity contribution < 1.29 is 14.6 Å². The van der Waals surface area contributed by atoms with Gasteiger partial charge >= 0.3 is 6.03 Å². The molecule has 0 aliphatic heterocycles. The summed E-state index contributed by atoms with van der Waals surface area (Å²) in [6, 6.07) is 16.7. The van der Waals surface area contributed by atoms with Gasteiger partial charge < -0.3 is 15.2 Å². The highest BCUT2D eigenvalue weighted by Crippen LogP contribution is 2.40. The molecule has 1 aliphatic rings. The summed E-state index contributed by atoms with van der Waals surface area (Å²) in [4.78, 5) is 13.5. The first-order chi connectivity index (χ1) is 18.4. The summed E-state index contributed by atoms with van der Waals surface area (Å²) < 4.78 is 8.82. The summed E-state index contributed by atoms with van der Waals surface area (Å²) in [5.74, 6) is 1.43. The van der Waals surface area contributed by atoms with Crippen molar-refractivity contribution in [1.82, 2.24) is 24.9 Å². The number of anilines is 1. The van der Waals surface area contributed by atoms with E-state index >= 15 is 0 Å². The zero-order valence-electron chi connectivity index (χ0n) is 22.0. The molecule has 0 saturated heterocycles. The van der Waals surface area contributed by atoms with Gasteiger partial charge in [0.2, 0.25) is 0 Å². The Bertz CT molecular complexity index is 1380. The van der Waals surface area contributed by atoms with Crippen LogP contribution in [0.25, 0.3) is 16.9 Å². The van der Waals surface area contributed by atoms with Crippen molar-refractivity contribution in [3.8, 4) is 22.7 Å². The summed E-state index contributed by atoms with van der Waals surface area (Å²) >= 11 is 0. The minimum atomic E-state index is -0.274. The van der Waals surface area contributed by atoms with Crippen LogP contribution in [-0.2, 0) is 11.8 Å². The van der Waals surface area contributed by atoms with Gasteiger partial charge in [-0.3, -0.25) is 10.00 Å². The second-order valence-electron chi connectivity index (χ2n) is 9.99. The second kappa shape index (κ2) is 11.1. The number of aromatic hydroxyl groups is 1. The number of aryl methyl sites for hydroxylation is 1. The number of rotatable bonds is 8. The van der Waals surface area contributed by atoms with Gasteiger partial charge in [0.25, 0.3) is 0 Å². The number of hydrogen-bond acceptors (Lipinski definition) is 5. The summed E-state index contributed by atoms with van der Waals surface area (Å²) in [7, 11) is 3.58. The first-order valence-electron chi connectivity index (χ1n) is 12.9. The molecule has 9 heteroatoms. The number of para-hydroxylation sites is 1. The Kier molecular flexibility index (Phi) is 7.46. The fourth-order valence-corrected chi connectivity index (χ4v) is 5.44. The fourth-order valence-electron chi connectivity index (χ4n) is 5.44. The third-order valence-corrected chi connectivity index (χ3v) is 7.36. The zero-order chi connectivity index (χ0) is 26.6. The molecule has 198 valence electrons. The number of hydrogen-bond donors (Lipinski definition) is 3. The van der Waals surface area contributed by atoms with Gasteiger partial charge in [0, 0.05) is 50.0 Å². The summed E-state index contributed by atoms with van der Waals surface area (Å²) in [5, 5.41) is 25.2. The van der Waals surface area contributed by atoms with Crippen LogP contribution in [0.3, 0.4) is 0 Å². The van der Waals surface area contributed by atoms with Crippen molar-refractivity contribution in [3.63, 3.8) is 0 Å². The standard InChI is InChI=1S/C29H34N6O3/c1-19-27(22-17-30-34(2)18-22)33-35(23-7-5-4-6-8-23)28(19)32-29(37)31-26-16-20(13-14-38-3)15-25(26)21-9-11-24(36)12-10-21/h4-12,17-18,20,25-26,36H,13-16H2,1-3H3,(H2,31,32,37)/t20?,25-,26?/m0/s1. The SMILES string of the molecule is COCCC1CC(NC(=O)Nc2c(C)c(-c3cnn(C)c3)nn2-c2ccccc2)[C@H](c2ccc(O)cc2)C1. The Morgan fingerprint density at radius 1 is 1.13 bits per heavy atom. The molecule has 3 N–H and O–H groups in total. The van der Waals surface area contributed by atoms with E-state index < -0.39 is 0 Å². The first-order valence-corrected chi connectivity index (χ1v) is 12.9. The largest absolute Gasteiger partial charge is 0.508 e. The van der Waals surface area contributed by atoms with Crippen molar-refractivity contribution in [2.24, 2.45) is 13.0 Å². The third kappa shape index (κ3) is 5.43. The normalized spacial score (nSPS) is 19.0. The molecule has 2 aromatic heterocycles. The van der Waals surface area contributed by atoms with Crippen LogP contribution in [0.2, 0.25) is 0 Å².